The molecule has 3 heteroatoms. The number of benzene rings is 2. The van der Waals surface area contributed by atoms with Crippen LogP contribution >= 0.6 is 0 Å². The lowest BCUT2D eigenvalue weighted by Crippen LogP contribution is -1.98. The number of carboxylic acid groups (broad SMARTS) is 1. The zero-order chi connectivity index (χ0) is 11.7. The van der Waals surface area contributed by atoms with Crippen molar-refractivity contribution in [1.29, 1.82) is 0 Å². The molecule has 0 saturated heterocycles. The highest BCUT2D eigenvalue weighted by Gasteiger charge is 2.10. The molecule has 0 heterocycles. The maximum absolute atomic E-state index is 11.0. The smallest absolute Gasteiger partial charge is 0.336 e. The molecule has 16 heavy (non-hydrogen) atoms. The predicted molar refractivity (Wildman–Crippen MR) is 62.2 cm³/mol. The summed E-state index contributed by atoms with van der Waals surface area (Å²) < 4.78 is 5.21. The maximum atomic E-state index is 11.0. The van der Waals surface area contributed by atoms with Crippen LogP contribution < -0.4 is 4.74 Å². The number of methoxy groups -OCH3 is 1. The van der Waals surface area contributed by atoms with Crippen LogP contribution in [0.15, 0.2) is 30.3 Å². The van der Waals surface area contributed by atoms with Crippen LogP contribution in [-0.4, -0.2) is 18.2 Å². The molecule has 2 rings (SSSR count). The van der Waals surface area contributed by atoms with Crippen LogP contribution in [0, 0.1) is 6.92 Å². The number of aryl methyl sites for hydroxylation is 1. The quantitative estimate of drug-likeness (QED) is 0.839. The first-order chi connectivity index (χ1) is 7.65. The van der Waals surface area contributed by atoms with E-state index in [1.54, 1.807) is 31.4 Å². The molecule has 2 aromatic rings. The van der Waals surface area contributed by atoms with Gasteiger partial charge in [-0.2, -0.15) is 0 Å². The van der Waals surface area contributed by atoms with Crippen LogP contribution in [0.2, 0.25) is 0 Å². The highest BCUT2D eigenvalue weighted by molar-refractivity contribution is 6.05. The lowest BCUT2D eigenvalue weighted by molar-refractivity contribution is 0.0699. The fourth-order valence-electron chi connectivity index (χ4n) is 1.90. The van der Waals surface area contributed by atoms with Crippen molar-refractivity contribution in [2.24, 2.45) is 0 Å². The summed E-state index contributed by atoms with van der Waals surface area (Å²) in [5, 5.41) is 10.7. The molecule has 0 atom stereocenters. The summed E-state index contributed by atoms with van der Waals surface area (Å²) in [6.07, 6.45) is 0. The minimum Gasteiger partial charge on any atom is -0.496 e. The van der Waals surface area contributed by atoms with E-state index in [0.717, 1.165) is 22.1 Å². The first kappa shape index (κ1) is 10.5. The third kappa shape index (κ3) is 1.50. The number of rotatable bonds is 2. The molecule has 0 amide bonds. The van der Waals surface area contributed by atoms with Gasteiger partial charge >= 0.3 is 5.97 Å². The van der Waals surface area contributed by atoms with Gasteiger partial charge in [0.05, 0.1) is 12.7 Å². The molecular formula is C13H12O3. The van der Waals surface area contributed by atoms with E-state index in [9.17, 15) is 4.79 Å². The maximum Gasteiger partial charge on any atom is 0.336 e. The Labute approximate surface area is 93.3 Å². The molecule has 0 bridgehead atoms. The predicted octanol–water partition coefficient (Wildman–Crippen LogP) is 2.86. The van der Waals surface area contributed by atoms with Crippen molar-refractivity contribution in [3.8, 4) is 5.75 Å². The Morgan fingerprint density at radius 1 is 1.19 bits per heavy atom. The summed E-state index contributed by atoms with van der Waals surface area (Å²) in [6.45, 7) is 1.92. The van der Waals surface area contributed by atoms with E-state index in [4.69, 9.17) is 9.84 Å². The van der Waals surface area contributed by atoms with Crippen LogP contribution in [0.3, 0.4) is 0 Å². The van der Waals surface area contributed by atoms with Crippen LogP contribution in [-0.2, 0) is 0 Å². The molecule has 0 aliphatic carbocycles. The minimum atomic E-state index is -0.907. The lowest BCUT2D eigenvalue weighted by Gasteiger charge is -2.09. The molecule has 1 N–H and O–H groups in total. The van der Waals surface area contributed by atoms with E-state index in [1.165, 1.54) is 0 Å². The van der Waals surface area contributed by atoms with Gasteiger partial charge in [0, 0.05) is 0 Å². The number of fused-ring (bicyclic) bond motifs is 1. The highest BCUT2D eigenvalue weighted by Crippen LogP contribution is 2.28. The summed E-state index contributed by atoms with van der Waals surface area (Å²) in [4.78, 5) is 11.0. The van der Waals surface area contributed by atoms with E-state index in [1.807, 2.05) is 13.0 Å². The highest BCUT2D eigenvalue weighted by atomic mass is 16.5. The Balaban J connectivity index is 2.82. The molecule has 0 aliphatic heterocycles. The summed E-state index contributed by atoms with van der Waals surface area (Å²) in [6, 6.07) is 8.84. The van der Waals surface area contributed by atoms with Crippen molar-refractivity contribution in [2.75, 3.05) is 7.11 Å². The van der Waals surface area contributed by atoms with Gasteiger partial charge in [-0.1, -0.05) is 12.1 Å². The van der Waals surface area contributed by atoms with Gasteiger partial charge in [0.1, 0.15) is 5.75 Å². The van der Waals surface area contributed by atoms with Crippen LogP contribution in [0.5, 0.6) is 5.75 Å². The number of aromatic carboxylic acids is 1. The first-order valence-corrected chi connectivity index (χ1v) is 4.94. The zero-order valence-electron chi connectivity index (χ0n) is 9.15. The number of hydrogen-bond acceptors (Lipinski definition) is 2. The molecule has 3 nitrogen and oxygen atoms in total. The van der Waals surface area contributed by atoms with Gasteiger partial charge in [-0.25, -0.2) is 4.79 Å². The van der Waals surface area contributed by atoms with Crippen LogP contribution in [0.25, 0.3) is 10.8 Å². The van der Waals surface area contributed by atoms with Crippen molar-refractivity contribution in [3.05, 3.63) is 41.5 Å². The Morgan fingerprint density at radius 2 is 1.94 bits per heavy atom. The summed E-state index contributed by atoms with van der Waals surface area (Å²) >= 11 is 0. The molecule has 2 aromatic carbocycles. The second-order valence-corrected chi connectivity index (χ2v) is 3.60. The molecular weight excluding hydrogens is 204 g/mol. The van der Waals surface area contributed by atoms with Crippen molar-refractivity contribution >= 4 is 16.7 Å². The Morgan fingerprint density at radius 3 is 2.56 bits per heavy atom. The van der Waals surface area contributed by atoms with Crippen LogP contribution in [0.4, 0.5) is 0 Å². The number of carbonyl (C=O) groups is 1. The molecule has 0 aromatic heterocycles. The molecule has 0 radical (unpaired) electrons. The van der Waals surface area contributed by atoms with Crippen molar-refractivity contribution in [1.82, 2.24) is 0 Å². The SMILES string of the molecule is COc1ccc2c(C(=O)O)cccc2c1C. The van der Waals surface area contributed by atoms with Crippen molar-refractivity contribution in [3.63, 3.8) is 0 Å². The summed E-state index contributed by atoms with van der Waals surface area (Å²) in [7, 11) is 1.61. The summed E-state index contributed by atoms with van der Waals surface area (Å²) in [5.41, 5.74) is 1.28. The molecule has 0 spiro atoms. The van der Waals surface area contributed by atoms with E-state index < -0.39 is 5.97 Å². The molecule has 0 unspecified atom stereocenters. The Hall–Kier alpha value is -2.03. The normalized spacial score (nSPS) is 10.4. The lowest BCUT2D eigenvalue weighted by atomic mass is 10.00. The topological polar surface area (TPSA) is 46.5 Å². The number of ether oxygens (including phenoxy) is 1. The molecule has 0 aliphatic rings. The average Bonchev–Trinajstić information content (AvgIpc) is 2.29. The first-order valence-electron chi connectivity index (χ1n) is 4.94. The second kappa shape index (κ2) is 3.85. The van der Waals surface area contributed by atoms with Gasteiger partial charge < -0.3 is 9.84 Å². The van der Waals surface area contributed by atoms with Crippen molar-refractivity contribution < 1.29 is 14.6 Å². The minimum absolute atomic E-state index is 0.322. The average molecular weight is 216 g/mol. The van der Waals surface area contributed by atoms with Gasteiger partial charge in [0.15, 0.2) is 0 Å². The largest absolute Gasteiger partial charge is 0.496 e. The van der Waals surface area contributed by atoms with E-state index in [2.05, 4.69) is 0 Å². The van der Waals surface area contributed by atoms with Gasteiger partial charge in [0.25, 0.3) is 0 Å². The van der Waals surface area contributed by atoms with E-state index in [-0.39, 0.29) is 0 Å². The molecule has 82 valence electrons. The zero-order valence-corrected chi connectivity index (χ0v) is 9.15. The van der Waals surface area contributed by atoms with E-state index >= 15 is 0 Å². The van der Waals surface area contributed by atoms with Gasteiger partial charge in [-0.3, -0.25) is 0 Å². The van der Waals surface area contributed by atoms with E-state index in [0.29, 0.717) is 5.56 Å². The van der Waals surface area contributed by atoms with Crippen molar-refractivity contribution in [2.45, 2.75) is 6.92 Å². The number of carboxylic acids is 1. The Bertz CT molecular complexity index is 558. The summed E-state index contributed by atoms with van der Waals surface area (Å²) in [5.74, 6) is -0.134. The van der Waals surface area contributed by atoms with Gasteiger partial charge in [-0.05, 0) is 41.5 Å². The molecule has 0 saturated carbocycles. The fraction of sp³-hybridized carbons (Fsp3) is 0.154. The van der Waals surface area contributed by atoms with Crippen LogP contribution in [0.1, 0.15) is 15.9 Å². The second-order valence-electron chi connectivity index (χ2n) is 3.60. The molecule has 0 fully saturated rings. The standard InChI is InChI=1S/C13H12O3/c1-8-9-4-3-5-11(13(14)15)10(9)6-7-12(8)16-2/h3-7H,1-2H3,(H,14,15). The van der Waals surface area contributed by atoms with Gasteiger partial charge in [0.2, 0.25) is 0 Å². The monoisotopic (exact) mass is 216 g/mol. The Kier molecular flexibility index (Phi) is 2.52. The number of hydrogen-bond donors (Lipinski definition) is 1. The van der Waals surface area contributed by atoms with Gasteiger partial charge in [-0.15, -0.1) is 0 Å². The third-order valence-electron chi connectivity index (χ3n) is 2.73. The third-order valence-corrected chi connectivity index (χ3v) is 2.73. The fourth-order valence-corrected chi connectivity index (χ4v) is 1.90.